The van der Waals surface area contributed by atoms with Crippen molar-refractivity contribution in [3.05, 3.63) is 17.5 Å². The van der Waals surface area contributed by atoms with Crippen LogP contribution in [-0.4, -0.2) is 31.0 Å². The highest BCUT2D eigenvalue weighted by molar-refractivity contribution is 5.73. The summed E-state index contributed by atoms with van der Waals surface area (Å²) in [7, 11) is 0.974. The lowest BCUT2D eigenvalue weighted by Gasteiger charge is -2.16. The number of alkyl halides is 5. The molecule has 1 rings (SSSR count). The highest BCUT2D eigenvalue weighted by Gasteiger charge is 2.35. The lowest BCUT2D eigenvalue weighted by molar-refractivity contribution is -0.275. The lowest BCUT2D eigenvalue weighted by Crippen LogP contribution is -2.21. The molecule has 1 aromatic heterocycles. The van der Waals surface area contributed by atoms with E-state index in [1.54, 1.807) is 0 Å². The van der Waals surface area contributed by atoms with E-state index in [0.29, 0.717) is 6.07 Å². The SMILES string of the molecule is CCOC(=O)Cc1nc(C(F)F)cc(OC)c1OC(F)(F)F. The molecular weight excluding hydrogens is 317 g/mol. The fourth-order valence-corrected chi connectivity index (χ4v) is 1.54. The third-order valence-electron chi connectivity index (χ3n) is 2.31. The number of halogens is 5. The minimum atomic E-state index is -5.11. The molecule has 5 nitrogen and oxygen atoms in total. The van der Waals surface area contributed by atoms with Gasteiger partial charge in [-0.25, -0.2) is 13.8 Å². The van der Waals surface area contributed by atoms with E-state index in [1.165, 1.54) is 6.92 Å². The smallest absolute Gasteiger partial charge is 0.493 e. The Hall–Kier alpha value is -2.13. The third-order valence-corrected chi connectivity index (χ3v) is 2.31. The van der Waals surface area contributed by atoms with Gasteiger partial charge in [0.1, 0.15) is 5.69 Å². The van der Waals surface area contributed by atoms with E-state index in [2.05, 4.69) is 19.2 Å². The standard InChI is InChI=1S/C12H12F5NO4/c1-3-21-9(19)5-6-10(22-12(15,16)17)8(20-2)4-7(18-6)11(13)14/h4,11H,3,5H2,1-2H3. The number of nitrogens with zero attached hydrogens (tertiary/aromatic N) is 1. The summed E-state index contributed by atoms with van der Waals surface area (Å²) >= 11 is 0. The van der Waals surface area contributed by atoms with Crippen LogP contribution in [0.1, 0.15) is 24.7 Å². The second kappa shape index (κ2) is 7.23. The first kappa shape index (κ1) is 17.9. The van der Waals surface area contributed by atoms with Crippen LogP contribution in [0.2, 0.25) is 0 Å². The zero-order valence-electron chi connectivity index (χ0n) is 11.5. The highest BCUT2D eigenvalue weighted by atomic mass is 19.4. The second-order valence-electron chi connectivity index (χ2n) is 3.86. The zero-order chi connectivity index (χ0) is 16.9. The van der Waals surface area contributed by atoms with E-state index in [1.807, 2.05) is 0 Å². The fourth-order valence-electron chi connectivity index (χ4n) is 1.54. The molecule has 10 heteroatoms. The van der Waals surface area contributed by atoms with Gasteiger partial charge in [-0.2, -0.15) is 0 Å². The molecule has 0 saturated carbocycles. The summed E-state index contributed by atoms with van der Waals surface area (Å²) in [6.45, 7) is 1.45. The summed E-state index contributed by atoms with van der Waals surface area (Å²) in [6, 6.07) is 0.612. The number of pyridine rings is 1. The molecule has 0 N–H and O–H groups in total. The van der Waals surface area contributed by atoms with Crippen molar-refractivity contribution in [1.29, 1.82) is 0 Å². The summed E-state index contributed by atoms with van der Waals surface area (Å²) in [4.78, 5) is 14.7. The molecule has 0 aromatic carbocycles. The van der Waals surface area contributed by atoms with Crippen LogP contribution in [0.3, 0.4) is 0 Å². The molecule has 0 saturated heterocycles. The number of ether oxygens (including phenoxy) is 3. The quantitative estimate of drug-likeness (QED) is 0.593. The largest absolute Gasteiger partial charge is 0.573 e. The van der Waals surface area contributed by atoms with Crippen LogP contribution in [0.4, 0.5) is 22.0 Å². The van der Waals surface area contributed by atoms with Crippen molar-refractivity contribution in [3.8, 4) is 11.5 Å². The summed E-state index contributed by atoms with van der Waals surface area (Å²) in [5.41, 5.74) is -1.49. The predicted molar refractivity (Wildman–Crippen MR) is 62.8 cm³/mol. The maximum Gasteiger partial charge on any atom is 0.573 e. The number of carbonyl (C=O) groups excluding carboxylic acids is 1. The first-order valence-corrected chi connectivity index (χ1v) is 5.95. The Balaban J connectivity index is 3.32. The van der Waals surface area contributed by atoms with Gasteiger partial charge in [0, 0.05) is 6.07 Å². The molecule has 0 fully saturated rings. The molecule has 0 atom stereocenters. The van der Waals surface area contributed by atoms with Gasteiger partial charge in [0.15, 0.2) is 11.5 Å². The molecule has 0 aliphatic rings. The fraction of sp³-hybridized carbons (Fsp3) is 0.500. The van der Waals surface area contributed by atoms with Crippen LogP contribution in [-0.2, 0) is 16.0 Å². The van der Waals surface area contributed by atoms with Crippen LogP contribution >= 0.6 is 0 Å². The molecule has 0 aliphatic heterocycles. The molecule has 1 heterocycles. The van der Waals surface area contributed by atoms with Gasteiger partial charge in [0.2, 0.25) is 0 Å². The van der Waals surface area contributed by atoms with Gasteiger partial charge in [0.05, 0.1) is 25.8 Å². The summed E-state index contributed by atoms with van der Waals surface area (Å²) in [5.74, 6) is -2.50. The van der Waals surface area contributed by atoms with Gasteiger partial charge < -0.3 is 14.2 Å². The molecule has 0 aliphatic carbocycles. The van der Waals surface area contributed by atoms with Crippen molar-refractivity contribution in [2.24, 2.45) is 0 Å². The monoisotopic (exact) mass is 329 g/mol. The van der Waals surface area contributed by atoms with Crippen LogP contribution in [0.25, 0.3) is 0 Å². The van der Waals surface area contributed by atoms with Crippen molar-refractivity contribution in [2.45, 2.75) is 26.1 Å². The van der Waals surface area contributed by atoms with E-state index in [0.717, 1.165) is 7.11 Å². The van der Waals surface area contributed by atoms with E-state index in [9.17, 15) is 26.7 Å². The molecule has 0 bridgehead atoms. The first-order chi connectivity index (χ1) is 10.2. The van der Waals surface area contributed by atoms with E-state index in [-0.39, 0.29) is 6.61 Å². The summed E-state index contributed by atoms with van der Waals surface area (Å²) in [5, 5.41) is 0. The van der Waals surface area contributed by atoms with Crippen molar-refractivity contribution >= 4 is 5.97 Å². The number of hydrogen-bond acceptors (Lipinski definition) is 5. The van der Waals surface area contributed by atoms with Gasteiger partial charge in [-0.05, 0) is 6.92 Å². The number of methoxy groups -OCH3 is 1. The normalized spacial score (nSPS) is 11.5. The van der Waals surface area contributed by atoms with Gasteiger partial charge in [-0.1, -0.05) is 0 Å². The Morgan fingerprint density at radius 3 is 2.45 bits per heavy atom. The second-order valence-corrected chi connectivity index (χ2v) is 3.86. The Bertz CT molecular complexity index is 533. The Kier molecular flexibility index (Phi) is 5.89. The molecule has 22 heavy (non-hydrogen) atoms. The highest BCUT2D eigenvalue weighted by Crippen LogP contribution is 2.37. The van der Waals surface area contributed by atoms with Crippen molar-refractivity contribution < 1.29 is 41.0 Å². The van der Waals surface area contributed by atoms with Gasteiger partial charge in [-0.3, -0.25) is 4.79 Å². The molecule has 124 valence electrons. The van der Waals surface area contributed by atoms with Gasteiger partial charge >= 0.3 is 12.3 Å². The molecule has 0 unspecified atom stereocenters. The topological polar surface area (TPSA) is 57.7 Å². The van der Waals surface area contributed by atoms with Gasteiger partial charge in [0.25, 0.3) is 6.43 Å². The number of aromatic nitrogens is 1. The predicted octanol–water partition coefficient (Wildman–Crippen LogP) is 3.03. The van der Waals surface area contributed by atoms with Crippen LogP contribution in [0, 0.1) is 0 Å². The zero-order valence-corrected chi connectivity index (χ0v) is 11.5. The number of carbonyl (C=O) groups is 1. The van der Waals surface area contributed by atoms with E-state index >= 15 is 0 Å². The molecule has 0 spiro atoms. The average molecular weight is 329 g/mol. The molecule has 0 radical (unpaired) electrons. The minimum absolute atomic E-state index is 0.0278. The molecule has 0 amide bonds. The molecule has 1 aromatic rings. The summed E-state index contributed by atoms with van der Waals surface area (Å²) in [6.07, 6.45) is -8.93. The van der Waals surface area contributed by atoms with E-state index in [4.69, 9.17) is 0 Å². The maximum absolute atomic E-state index is 12.7. The molecular formula is C12H12F5NO4. The average Bonchev–Trinajstić information content (AvgIpc) is 2.38. The maximum atomic E-state index is 12.7. The van der Waals surface area contributed by atoms with Crippen LogP contribution in [0.15, 0.2) is 6.07 Å². The van der Waals surface area contributed by atoms with Crippen molar-refractivity contribution in [3.63, 3.8) is 0 Å². The first-order valence-electron chi connectivity index (χ1n) is 5.95. The van der Waals surface area contributed by atoms with Crippen molar-refractivity contribution in [1.82, 2.24) is 4.98 Å². The number of hydrogen-bond donors (Lipinski definition) is 0. The summed E-state index contributed by atoms with van der Waals surface area (Å²) < 4.78 is 75.6. The number of esters is 1. The van der Waals surface area contributed by atoms with Crippen LogP contribution in [0.5, 0.6) is 11.5 Å². The Morgan fingerprint density at radius 1 is 1.36 bits per heavy atom. The lowest BCUT2D eigenvalue weighted by atomic mass is 10.2. The van der Waals surface area contributed by atoms with Crippen LogP contribution < -0.4 is 9.47 Å². The Labute approximate surface area is 122 Å². The van der Waals surface area contributed by atoms with Crippen molar-refractivity contribution in [2.75, 3.05) is 13.7 Å². The minimum Gasteiger partial charge on any atom is -0.493 e. The van der Waals surface area contributed by atoms with E-state index < -0.39 is 48.1 Å². The van der Waals surface area contributed by atoms with Gasteiger partial charge in [-0.15, -0.1) is 13.2 Å². The Morgan fingerprint density at radius 2 is 2.00 bits per heavy atom. The number of rotatable bonds is 6. The third kappa shape index (κ3) is 5.01.